The smallest absolute Gasteiger partial charge is 0.264 e. The van der Waals surface area contributed by atoms with Gasteiger partial charge in [0.05, 0.1) is 24.3 Å². The number of fused-ring (bicyclic) bond motifs is 1. The zero-order valence-corrected chi connectivity index (χ0v) is 19.8. The van der Waals surface area contributed by atoms with Crippen LogP contribution in [0.1, 0.15) is 33.6 Å². The van der Waals surface area contributed by atoms with Crippen molar-refractivity contribution in [1.82, 2.24) is 20.4 Å². The molecular formula is C21H29Cl2N5O5. The number of imide groups is 2. The molecule has 4 amide bonds. The highest BCUT2D eigenvalue weighted by Crippen LogP contribution is 2.32. The van der Waals surface area contributed by atoms with Crippen molar-refractivity contribution in [1.29, 1.82) is 0 Å². The quantitative estimate of drug-likeness (QED) is 0.342. The maximum atomic E-state index is 13.0. The summed E-state index contributed by atoms with van der Waals surface area (Å²) < 4.78 is 5.69. The first-order valence-corrected chi connectivity index (χ1v) is 10.7. The molecule has 33 heavy (non-hydrogen) atoms. The molecule has 12 heteroatoms. The molecule has 1 unspecified atom stereocenters. The number of hydrogen-bond donors (Lipinski definition) is 3. The average molecular weight is 502 g/mol. The predicted octanol–water partition coefficient (Wildman–Crippen LogP) is 0.265. The third-order valence-corrected chi connectivity index (χ3v) is 5.79. The minimum absolute atomic E-state index is 0. The number of benzene rings is 1. The van der Waals surface area contributed by atoms with Crippen molar-refractivity contribution >= 4 is 54.1 Å². The van der Waals surface area contributed by atoms with Gasteiger partial charge in [-0.1, -0.05) is 6.07 Å². The number of piperidine rings is 1. The minimum atomic E-state index is -0.966. The van der Waals surface area contributed by atoms with Crippen LogP contribution in [0.2, 0.25) is 0 Å². The molecule has 0 bridgehead atoms. The molecule has 0 aromatic heterocycles. The number of anilines is 1. The lowest BCUT2D eigenvalue weighted by molar-refractivity contribution is -0.136. The van der Waals surface area contributed by atoms with Gasteiger partial charge in [0.15, 0.2) is 0 Å². The highest BCUT2D eigenvalue weighted by molar-refractivity contribution is 6.25. The summed E-state index contributed by atoms with van der Waals surface area (Å²) in [6, 6.07) is 4.05. The molecule has 182 valence electrons. The largest absolute Gasteiger partial charge is 0.382 e. The molecule has 1 aromatic carbocycles. The maximum Gasteiger partial charge on any atom is 0.264 e. The number of carbonyl (C=O) groups is 4. The zero-order valence-electron chi connectivity index (χ0n) is 18.1. The van der Waals surface area contributed by atoms with Crippen molar-refractivity contribution in [2.75, 3.05) is 57.8 Å². The van der Waals surface area contributed by atoms with Crippen LogP contribution in [0.5, 0.6) is 0 Å². The van der Waals surface area contributed by atoms with Gasteiger partial charge >= 0.3 is 0 Å². The normalized spacial score (nSPS) is 20.6. The fourth-order valence-corrected chi connectivity index (χ4v) is 4.15. The molecule has 0 radical (unpaired) electrons. The van der Waals surface area contributed by atoms with Crippen molar-refractivity contribution in [2.45, 2.75) is 18.9 Å². The van der Waals surface area contributed by atoms with Gasteiger partial charge in [-0.3, -0.25) is 34.3 Å². The number of amides is 4. The molecule has 1 atom stereocenters. The summed E-state index contributed by atoms with van der Waals surface area (Å²) in [5.74, 6) is -2.03. The first kappa shape index (κ1) is 27.0. The molecule has 0 saturated carbocycles. The van der Waals surface area contributed by atoms with E-state index in [0.29, 0.717) is 25.4 Å². The van der Waals surface area contributed by atoms with E-state index in [1.54, 1.807) is 18.2 Å². The minimum Gasteiger partial charge on any atom is -0.382 e. The third-order valence-electron chi connectivity index (χ3n) is 5.79. The van der Waals surface area contributed by atoms with Gasteiger partial charge in [0.25, 0.3) is 11.8 Å². The van der Waals surface area contributed by atoms with Gasteiger partial charge in [0.2, 0.25) is 11.8 Å². The average Bonchev–Trinajstić information content (AvgIpc) is 3.02. The van der Waals surface area contributed by atoms with E-state index in [-0.39, 0.29) is 48.8 Å². The summed E-state index contributed by atoms with van der Waals surface area (Å²) >= 11 is 0. The Labute approximate surface area is 204 Å². The Morgan fingerprint density at radius 1 is 1.03 bits per heavy atom. The highest BCUT2D eigenvalue weighted by atomic mass is 35.5. The van der Waals surface area contributed by atoms with Crippen molar-refractivity contribution in [3.63, 3.8) is 0 Å². The Hall–Kier alpha value is -2.24. The number of piperazine rings is 1. The van der Waals surface area contributed by atoms with E-state index in [1.165, 1.54) is 0 Å². The van der Waals surface area contributed by atoms with Gasteiger partial charge in [0.1, 0.15) is 6.04 Å². The number of nitrogens with one attached hydrogen (secondary N) is 3. The molecule has 0 spiro atoms. The van der Waals surface area contributed by atoms with Crippen LogP contribution < -0.4 is 16.0 Å². The molecule has 4 rings (SSSR count). The Kier molecular flexibility index (Phi) is 10.1. The fraction of sp³-hybridized carbons (Fsp3) is 0.524. The molecule has 2 fully saturated rings. The molecular weight excluding hydrogens is 473 g/mol. The van der Waals surface area contributed by atoms with Crippen molar-refractivity contribution in [2.24, 2.45) is 0 Å². The van der Waals surface area contributed by atoms with E-state index in [9.17, 15) is 19.2 Å². The molecule has 3 aliphatic heterocycles. The Balaban J connectivity index is 0.00000193. The number of halogens is 2. The van der Waals surface area contributed by atoms with Gasteiger partial charge < -0.3 is 15.4 Å². The third kappa shape index (κ3) is 6.01. The second-order valence-corrected chi connectivity index (χ2v) is 7.81. The van der Waals surface area contributed by atoms with E-state index in [1.807, 2.05) is 0 Å². The van der Waals surface area contributed by atoms with Crippen molar-refractivity contribution in [3.05, 3.63) is 29.3 Å². The second kappa shape index (κ2) is 12.3. The van der Waals surface area contributed by atoms with Crippen LogP contribution >= 0.6 is 24.8 Å². The molecule has 3 aliphatic rings. The van der Waals surface area contributed by atoms with Crippen LogP contribution in [0.25, 0.3) is 0 Å². The standard InChI is InChI=1S/C21H27N5O5.2ClH/c27-17-5-4-16(19(28)24-17)26-20(29)14-2-1-3-15(18(14)21(26)30)23-8-12-31-13-11-25-9-6-22-7-10-25;;/h1-3,16,22-23H,4-13H2,(H,24,27,28);2*1H. The molecule has 2 saturated heterocycles. The summed E-state index contributed by atoms with van der Waals surface area (Å²) in [5, 5.41) is 8.69. The molecule has 1 aromatic rings. The number of hydrogen-bond acceptors (Lipinski definition) is 8. The van der Waals surface area contributed by atoms with Gasteiger partial charge in [-0.25, -0.2) is 0 Å². The van der Waals surface area contributed by atoms with E-state index < -0.39 is 29.7 Å². The molecule has 3 N–H and O–H groups in total. The van der Waals surface area contributed by atoms with Crippen LogP contribution in [0, 0.1) is 0 Å². The Morgan fingerprint density at radius 2 is 1.79 bits per heavy atom. The van der Waals surface area contributed by atoms with E-state index >= 15 is 0 Å². The van der Waals surface area contributed by atoms with Crippen LogP contribution in [0.3, 0.4) is 0 Å². The lowest BCUT2D eigenvalue weighted by Gasteiger charge is -2.27. The van der Waals surface area contributed by atoms with Gasteiger partial charge in [-0.2, -0.15) is 0 Å². The van der Waals surface area contributed by atoms with Gasteiger partial charge in [-0.05, 0) is 18.6 Å². The van der Waals surface area contributed by atoms with E-state index in [2.05, 4.69) is 20.9 Å². The first-order chi connectivity index (χ1) is 15.1. The van der Waals surface area contributed by atoms with Gasteiger partial charge in [-0.15, -0.1) is 24.8 Å². The van der Waals surface area contributed by atoms with Crippen molar-refractivity contribution < 1.29 is 23.9 Å². The van der Waals surface area contributed by atoms with Crippen LogP contribution in [0.4, 0.5) is 5.69 Å². The first-order valence-electron chi connectivity index (χ1n) is 10.7. The molecule has 0 aliphatic carbocycles. The maximum absolute atomic E-state index is 13.0. The summed E-state index contributed by atoms with van der Waals surface area (Å²) in [4.78, 5) is 52.8. The van der Waals surface area contributed by atoms with Crippen LogP contribution in [-0.4, -0.2) is 92.0 Å². The van der Waals surface area contributed by atoms with Crippen LogP contribution in [-0.2, 0) is 14.3 Å². The Bertz CT molecular complexity index is 894. The van der Waals surface area contributed by atoms with Gasteiger partial charge in [0, 0.05) is 51.4 Å². The number of ether oxygens (including phenoxy) is 1. The predicted molar refractivity (Wildman–Crippen MR) is 126 cm³/mol. The van der Waals surface area contributed by atoms with Crippen LogP contribution in [0.15, 0.2) is 18.2 Å². The second-order valence-electron chi connectivity index (χ2n) is 7.81. The molecule has 3 heterocycles. The molecule has 10 nitrogen and oxygen atoms in total. The zero-order chi connectivity index (χ0) is 21.8. The Morgan fingerprint density at radius 3 is 2.52 bits per heavy atom. The summed E-state index contributed by atoms with van der Waals surface area (Å²) in [6.07, 6.45) is 0.236. The lowest BCUT2D eigenvalue weighted by atomic mass is 10.0. The number of rotatable bonds is 8. The monoisotopic (exact) mass is 501 g/mol. The summed E-state index contributed by atoms with van der Waals surface area (Å²) in [7, 11) is 0. The van der Waals surface area contributed by atoms with E-state index in [4.69, 9.17) is 4.74 Å². The number of nitrogens with zero attached hydrogens (tertiary/aromatic N) is 2. The lowest BCUT2D eigenvalue weighted by Crippen LogP contribution is -2.54. The SMILES string of the molecule is Cl.Cl.O=C1CCC(N2C(=O)c3cccc(NCCOCCN4CCNCC4)c3C2=O)C(=O)N1. The summed E-state index contributed by atoms with van der Waals surface area (Å²) in [5.41, 5.74) is 1.06. The topological polar surface area (TPSA) is 120 Å². The number of carbonyl (C=O) groups excluding carboxylic acids is 4. The fourth-order valence-electron chi connectivity index (χ4n) is 4.15. The highest BCUT2D eigenvalue weighted by Gasteiger charge is 2.45. The summed E-state index contributed by atoms with van der Waals surface area (Å²) in [6.45, 7) is 6.53. The van der Waals surface area contributed by atoms with Crippen molar-refractivity contribution in [3.8, 4) is 0 Å². The van der Waals surface area contributed by atoms with E-state index in [0.717, 1.165) is 37.6 Å².